The van der Waals surface area contributed by atoms with Crippen molar-refractivity contribution >= 4 is 16.6 Å². The summed E-state index contributed by atoms with van der Waals surface area (Å²) in [7, 11) is -3.47. The van der Waals surface area contributed by atoms with Gasteiger partial charge in [0.05, 0.1) is 0 Å². The largest absolute Gasteiger partial charge is 0.543 e. The van der Waals surface area contributed by atoms with Gasteiger partial charge in [-0.1, -0.05) is 70.5 Å². The van der Waals surface area contributed by atoms with E-state index in [0.29, 0.717) is 0 Å². The van der Waals surface area contributed by atoms with Gasteiger partial charge in [-0.25, -0.2) is 0 Å². The van der Waals surface area contributed by atoms with Gasteiger partial charge in [-0.05, 0) is 60.5 Å². The van der Waals surface area contributed by atoms with E-state index in [9.17, 15) is 0 Å². The molecule has 0 saturated carbocycles. The molecule has 2 aromatic carbocycles. The lowest BCUT2D eigenvalue weighted by Gasteiger charge is -2.33. The van der Waals surface area contributed by atoms with E-state index in [-0.39, 0.29) is 0 Å². The molecule has 0 aliphatic carbocycles. The number of rotatable bonds is 12. The standard InChI is InChI=1S/C23H36O2Si2/c1-5-26(6-2,24-22-16-11-9-12-17-22)20-15-21-27(7-3,8-4)25-23-18-13-10-14-19-23/h9-14,16-19H,5-8,15,20-21H2,1-4H3. The summed E-state index contributed by atoms with van der Waals surface area (Å²) >= 11 is 0. The zero-order chi connectivity index (χ0) is 19.6. The van der Waals surface area contributed by atoms with Gasteiger partial charge < -0.3 is 8.85 Å². The first kappa shape index (κ1) is 21.8. The molecule has 0 radical (unpaired) electrons. The van der Waals surface area contributed by atoms with Crippen molar-refractivity contribution in [3.05, 3.63) is 60.7 Å². The first-order valence-corrected chi connectivity index (χ1v) is 15.6. The third-order valence-electron chi connectivity index (χ3n) is 6.00. The highest BCUT2D eigenvalue weighted by Crippen LogP contribution is 2.32. The van der Waals surface area contributed by atoms with Crippen LogP contribution in [0.1, 0.15) is 34.1 Å². The summed E-state index contributed by atoms with van der Waals surface area (Å²) in [4.78, 5) is 0. The highest BCUT2D eigenvalue weighted by Gasteiger charge is 2.37. The summed E-state index contributed by atoms with van der Waals surface area (Å²) in [5.74, 6) is 2.09. The highest BCUT2D eigenvalue weighted by atomic mass is 28.4. The van der Waals surface area contributed by atoms with Crippen LogP contribution in [0.5, 0.6) is 11.5 Å². The molecule has 0 amide bonds. The Morgan fingerprint density at radius 1 is 0.556 bits per heavy atom. The van der Waals surface area contributed by atoms with E-state index in [4.69, 9.17) is 8.85 Å². The average molecular weight is 401 g/mol. The lowest BCUT2D eigenvalue weighted by atomic mass is 10.3. The zero-order valence-corrected chi connectivity index (χ0v) is 19.5. The van der Waals surface area contributed by atoms with Crippen LogP contribution in [0.3, 0.4) is 0 Å². The maximum atomic E-state index is 6.61. The van der Waals surface area contributed by atoms with Gasteiger partial charge >= 0.3 is 0 Å². The van der Waals surface area contributed by atoms with Gasteiger partial charge in [0.25, 0.3) is 16.6 Å². The molecule has 0 unspecified atom stereocenters. The molecule has 0 spiro atoms. The summed E-state index contributed by atoms with van der Waals surface area (Å²) in [6.07, 6.45) is 1.22. The van der Waals surface area contributed by atoms with Gasteiger partial charge in [-0.2, -0.15) is 0 Å². The van der Waals surface area contributed by atoms with Crippen molar-refractivity contribution in [1.29, 1.82) is 0 Å². The molecule has 4 heteroatoms. The molecule has 2 nitrogen and oxygen atoms in total. The molecule has 0 aromatic heterocycles. The van der Waals surface area contributed by atoms with E-state index in [1.54, 1.807) is 0 Å². The molecule has 0 aliphatic rings. The van der Waals surface area contributed by atoms with Crippen LogP contribution in [0.2, 0.25) is 36.3 Å². The number of hydrogen-bond acceptors (Lipinski definition) is 2. The quantitative estimate of drug-likeness (QED) is 0.343. The molecule has 0 atom stereocenters. The minimum absolute atomic E-state index is 1.04. The maximum Gasteiger partial charge on any atom is 0.250 e. The van der Waals surface area contributed by atoms with E-state index in [2.05, 4.69) is 88.4 Å². The van der Waals surface area contributed by atoms with Crippen molar-refractivity contribution in [2.24, 2.45) is 0 Å². The Bertz CT molecular complexity index is 580. The summed E-state index contributed by atoms with van der Waals surface area (Å²) in [5, 5.41) is 0. The Morgan fingerprint density at radius 3 is 1.19 bits per heavy atom. The molecular weight excluding hydrogens is 364 g/mol. The second-order valence-electron chi connectivity index (χ2n) is 7.46. The summed E-state index contributed by atoms with van der Waals surface area (Å²) < 4.78 is 13.2. The average Bonchev–Trinajstić information content (AvgIpc) is 2.73. The maximum absolute atomic E-state index is 6.61. The fourth-order valence-electron chi connectivity index (χ4n) is 3.81. The predicted octanol–water partition coefficient (Wildman–Crippen LogP) is 7.51. The second-order valence-corrected chi connectivity index (χ2v) is 16.4. The van der Waals surface area contributed by atoms with Gasteiger partial charge in [0, 0.05) is 0 Å². The van der Waals surface area contributed by atoms with Gasteiger partial charge in [-0.3, -0.25) is 0 Å². The van der Waals surface area contributed by atoms with Crippen LogP contribution in [-0.2, 0) is 0 Å². The molecular formula is C23H36O2Si2. The van der Waals surface area contributed by atoms with Crippen molar-refractivity contribution in [2.75, 3.05) is 0 Å². The minimum Gasteiger partial charge on any atom is -0.543 e. The summed E-state index contributed by atoms with van der Waals surface area (Å²) in [6, 6.07) is 27.9. The number of benzene rings is 2. The summed E-state index contributed by atoms with van der Waals surface area (Å²) in [5.41, 5.74) is 0. The van der Waals surface area contributed by atoms with Crippen LogP contribution in [-0.4, -0.2) is 16.6 Å². The third-order valence-corrected chi connectivity index (χ3v) is 15.0. The Balaban J connectivity index is 2.02. The van der Waals surface area contributed by atoms with Crippen molar-refractivity contribution in [3.63, 3.8) is 0 Å². The molecule has 2 rings (SSSR count). The van der Waals surface area contributed by atoms with Crippen molar-refractivity contribution in [2.45, 2.75) is 70.4 Å². The molecule has 2 aromatic rings. The molecule has 0 saturated heterocycles. The Labute approximate surface area is 168 Å². The Kier molecular flexibility index (Phi) is 8.64. The van der Waals surface area contributed by atoms with E-state index in [1.807, 2.05) is 0 Å². The predicted molar refractivity (Wildman–Crippen MR) is 122 cm³/mol. The van der Waals surface area contributed by atoms with Gasteiger partial charge in [-0.15, -0.1) is 0 Å². The topological polar surface area (TPSA) is 18.5 Å². The SMILES string of the molecule is CC[Si](CC)(CCC[Si](CC)(CC)Oc1ccccc1)Oc1ccccc1. The monoisotopic (exact) mass is 400 g/mol. The first-order chi connectivity index (χ1) is 13.1. The lowest BCUT2D eigenvalue weighted by molar-refractivity contribution is 0.515. The first-order valence-electron chi connectivity index (χ1n) is 10.6. The summed E-state index contributed by atoms with van der Waals surface area (Å²) in [6.45, 7) is 9.24. The van der Waals surface area contributed by atoms with Crippen LogP contribution in [0.25, 0.3) is 0 Å². The van der Waals surface area contributed by atoms with E-state index >= 15 is 0 Å². The smallest absolute Gasteiger partial charge is 0.250 e. The number of para-hydroxylation sites is 2. The molecule has 27 heavy (non-hydrogen) atoms. The second kappa shape index (κ2) is 10.7. The molecule has 0 aliphatic heterocycles. The lowest BCUT2D eigenvalue weighted by Crippen LogP contribution is -2.43. The van der Waals surface area contributed by atoms with Gasteiger partial charge in [0.1, 0.15) is 11.5 Å². The molecule has 148 valence electrons. The Hall–Kier alpha value is -1.53. The Morgan fingerprint density at radius 2 is 0.889 bits per heavy atom. The minimum atomic E-state index is -1.73. The normalized spacial score (nSPS) is 12.0. The van der Waals surface area contributed by atoms with Crippen LogP contribution in [0.4, 0.5) is 0 Å². The fourth-order valence-corrected chi connectivity index (χ4v) is 10.3. The van der Waals surface area contributed by atoms with E-state index in [1.165, 1.54) is 42.7 Å². The van der Waals surface area contributed by atoms with Crippen molar-refractivity contribution < 1.29 is 8.85 Å². The molecule has 0 N–H and O–H groups in total. The number of hydrogen-bond donors (Lipinski definition) is 0. The van der Waals surface area contributed by atoms with Crippen LogP contribution in [0, 0.1) is 0 Å². The van der Waals surface area contributed by atoms with Gasteiger partial charge in [0.15, 0.2) is 0 Å². The molecule has 0 bridgehead atoms. The van der Waals surface area contributed by atoms with Crippen LogP contribution >= 0.6 is 0 Å². The van der Waals surface area contributed by atoms with Crippen molar-refractivity contribution in [1.82, 2.24) is 0 Å². The van der Waals surface area contributed by atoms with Crippen molar-refractivity contribution in [3.8, 4) is 11.5 Å². The van der Waals surface area contributed by atoms with Gasteiger partial charge in [0.2, 0.25) is 0 Å². The molecule has 0 fully saturated rings. The fraction of sp³-hybridized carbons (Fsp3) is 0.478. The third kappa shape index (κ3) is 6.25. The van der Waals surface area contributed by atoms with E-state index in [0.717, 1.165) is 11.5 Å². The molecule has 0 heterocycles. The van der Waals surface area contributed by atoms with Crippen LogP contribution in [0.15, 0.2) is 60.7 Å². The highest BCUT2D eigenvalue weighted by molar-refractivity contribution is 6.76. The zero-order valence-electron chi connectivity index (χ0n) is 17.5. The van der Waals surface area contributed by atoms with Crippen LogP contribution < -0.4 is 8.85 Å². The van der Waals surface area contributed by atoms with E-state index < -0.39 is 16.6 Å².